The Balaban J connectivity index is 2.12. The van der Waals surface area contributed by atoms with E-state index in [4.69, 9.17) is 10.1 Å². The van der Waals surface area contributed by atoms with Crippen LogP contribution in [0.3, 0.4) is 0 Å². The van der Waals surface area contributed by atoms with Crippen LogP contribution < -0.4 is 0 Å². The van der Waals surface area contributed by atoms with Gasteiger partial charge < -0.3 is 4.74 Å². The molecule has 0 saturated carbocycles. The Bertz CT molecular complexity index is 1020. The lowest BCUT2D eigenvalue weighted by Crippen LogP contribution is -2.41. The van der Waals surface area contributed by atoms with Crippen LogP contribution in [0, 0.1) is 5.41 Å². The number of carbonyl (C=O) groups excluding carboxylic acids is 1. The van der Waals surface area contributed by atoms with E-state index < -0.39 is 11.6 Å². The van der Waals surface area contributed by atoms with E-state index in [2.05, 4.69) is 6.58 Å². The van der Waals surface area contributed by atoms with E-state index in [1.807, 2.05) is 78.9 Å². The number of ether oxygens (including phenoxy) is 1. The first-order valence-corrected chi connectivity index (χ1v) is 8.78. The Kier molecular flexibility index (Phi) is 4.00. The fourth-order valence-corrected chi connectivity index (χ4v) is 3.69. The first-order chi connectivity index (χ1) is 13.1. The lowest BCUT2D eigenvalue weighted by Gasteiger charge is -2.40. The maximum Gasteiger partial charge on any atom is 0.334 e. The molecule has 1 aliphatic rings. The molecule has 0 bridgehead atoms. The van der Waals surface area contributed by atoms with Crippen molar-refractivity contribution < 1.29 is 9.53 Å². The normalized spacial score (nSPS) is 17.6. The lowest BCUT2D eigenvalue weighted by molar-refractivity contribution is -0.148. The molecule has 1 N–H and O–H groups in total. The molecule has 27 heavy (non-hydrogen) atoms. The highest BCUT2D eigenvalue weighted by atomic mass is 16.6. The Labute approximate surface area is 158 Å². The summed E-state index contributed by atoms with van der Waals surface area (Å²) in [6.45, 7) is 5.40. The molecule has 132 valence electrons. The minimum Gasteiger partial charge on any atom is -0.441 e. The highest BCUT2D eigenvalue weighted by Gasteiger charge is 2.47. The molecule has 3 nitrogen and oxygen atoms in total. The summed E-state index contributed by atoms with van der Waals surface area (Å²) in [7, 11) is 0. The second-order valence-electron chi connectivity index (χ2n) is 6.68. The number of fused-ring (bicyclic) bond motifs is 2. The van der Waals surface area contributed by atoms with Gasteiger partial charge in [-0.3, -0.25) is 5.41 Å². The van der Waals surface area contributed by atoms with Crippen molar-refractivity contribution in [2.24, 2.45) is 0 Å². The summed E-state index contributed by atoms with van der Waals surface area (Å²) in [6.07, 6.45) is 0. The van der Waals surface area contributed by atoms with E-state index in [0.717, 1.165) is 27.8 Å². The quantitative estimate of drug-likeness (QED) is 0.542. The maximum absolute atomic E-state index is 12.7. The molecule has 4 rings (SSSR count). The van der Waals surface area contributed by atoms with Crippen LogP contribution in [0.5, 0.6) is 0 Å². The summed E-state index contributed by atoms with van der Waals surface area (Å²) in [5, 5.41) is 8.70. The summed E-state index contributed by atoms with van der Waals surface area (Å²) in [5.74, 6) is -0.461. The van der Waals surface area contributed by atoms with Gasteiger partial charge in [-0.25, -0.2) is 4.79 Å². The maximum atomic E-state index is 12.7. The van der Waals surface area contributed by atoms with Gasteiger partial charge in [0.05, 0.1) is 5.71 Å². The molecule has 0 heterocycles. The molecule has 0 atom stereocenters. The third-order valence-corrected chi connectivity index (χ3v) is 4.93. The van der Waals surface area contributed by atoms with Crippen LogP contribution in [-0.2, 0) is 15.1 Å². The van der Waals surface area contributed by atoms with Gasteiger partial charge in [0.15, 0.2) is 5.60 Å². The SMILES string of the molecule is C=C(C)C(=O)OC1(c2ccccc2)c2ccccc2C(=N)c2ccccc21. The first-order valence-electron chi connectivity index (χ1n) is 8.78. The van der Waals surface area contributed by atoms with Gasteiger partial charge in [0.1, 0.15) is 0 Å². The number of rotatable bonds is 3. The summed E-state index contributed by atoms with van der Waals surface area (Å²) < 4.78 is 6.19. The van der Waals surface area contributed by atoms with Gasteiger partial charge in [-0.05, 0) is 6.92 Å². The predicted octanol–water partition coefficient (Wildman–Crippen LogP) is 4.83. The number of benzene rings is 3. The zero-order chi connectivity index (χ0) is 19.0. The fourth-order valence-electron chi connectivity index (χ4n) is 3.69. The van der Waals surface area contributed by atoms with Crippen molar-refractivity contribution in [3.8, 4) is 0 Å². The molecule has 0 spiro atoms. The van der Waals surface area contributed by atoms with E-state index in [1.54, 1.807) is 6.92 Å². The smallest absolute Gasteiger partial charge is 0.334 e. The molecule has 0 radical (unpaired) electrons. The third-order valence-electron chi connectivity index (χ3n) is 4.93. The molecule has 3 aromatic carbocycles. The zero-order valence-electron chi connectivity index (χ0n) is 15.0. The molecule has 0 fully saturated rings. The van der Waals surface area contributed by atoms with Crippen molar-refractivity contribution in [2.45, 2.75) is 12.5 Å². The van der Waals surface area contributed by atoms with Crippen molar-refractivity contribution >= 4 is 11.7 Å². The standard InChI is InChI=1S/C24H19NO2/c1-16(2)23(26)27-24(17-10-4-3-5-11-17)20-14-8-6-12-18(20)22(25)19-13-7-9-15-21(19)24/h3-15,25H,1H2,2H3. The molecule has 0 aliphatic heterocycles. The lowest BCUT2D eigenvalue weighted by atomic mass is 9.70. The molecular formula is C24H19NO2. The Morgan fingerprint density at radius 1 is 0.852 bits per heavy atom. The minimum absolute atomic E-state index is 0.334. The van der Waals surface area contributed by atoms with E-state index >= 15 is 0 Å². The second kappa shape index (κ2) is 6.36. The van der Waals surface area contributed by atoms with E-state index in [0.29, 0.717) is 11.3 Å². The summed E-state index contributed by atoms with van der Waals surface area (Å²) >= 11 is 0. The number of hydrogen-bond acceptors (Lipinski definition) is 3. The number of hydrogen-bond donors (Lipinski definition) is 1. The van der Waals surface area contributed by atoms with Crippen molar-refractivity contribution in [2.75, 3.05) is 0 Å². The summed E-state index contributed by atoms with van der Waals surface area (Å²) in [6, 6.07) is 25.0. The Morgan fingerprint density at radius 3 is 1.85 bits per heavy atom. The van der Waals surface area contributed by atoms with Gasteiger partial charge in [0.25, 0.3) is 0 Å². The van der Waals surface area contributed by atoms with Crippen LogP contribution in [0.4, 0.5) is 0 Å². The minimum atomic E-state index is -1.13. The molecule has 0 saturated heterocycles. The van der Waals surface area contributed by atoms with Crippen LogP contribution in [0.2, 0.25) is 0 Å². The molecule has 0 amide bonds. The monoisotopic (exact) mass is 353 g/mol. The summed E-state index contributed by atoms with van der Waals surface area (Å²) in [5.41, 5.74) is 3.56. The molecule has 3 aromatic rings. The predicted molar refractivity (Wildman–Crippen MR) is 106 cm³/mol. The third kappa shape index (κ3) is 2.51. The zero-order valence-corrected chi connectivity index (χ0v) is 15.0. The number of nitrogens with one attached hydrogen (secondary N) is 1. The fraction of sp³-hybridized carbons (Fsp3) is 0.0833. The van der Waals surface area contributed by atoms with Crippen molar-refractivity contribution in [3.05, 3.63) is 119 Å². The highest BCUT2D eigenvalue weighted by Crippen LogP contribution is 2.47. The molecule has 0 unspecified atom stereocenters. The van der Waals surface area contributed by atoms with Gasteiger partial charge in [0.2, 0.25) is 0 Å². The van der Waals surface area contributed by atoms with Gasteiger partial charge in [0, 0.05) is 33.4 Å². The van der Waals surface area contributed by atoms with Crippen LogP contribution >= 0.6 is 0 Å². The summed E-state index contributed by atoms with van der Waals surface area (Å²) in [4.78, 5) is 12.7. The van der Waals surface area contributed by atoms with E-state index in [1.165, 1.54) is 0 Å². The van der Waals surface area contributed by atoms with Crippen LogP contribution in [0.1, 0.15) is 34.7 Å². The number of esters is 1. The van der Waals surface area contributed by atoms with E-state index in [9.17, 15) is 4.79 Å². The van der Waals surface area contributed by atoms with Gasteiger partial charge in [-0.2, -0.15) is 0 Å². The largest absolute Gasteiger partial charge is 0.441 e. The van der Waals surface area contributed by atoms with Crippen LogP contribution in [-0.4, -0.2) is 11.7 Å². The average molecular weight is 353 g/mol. The van der Waals surface area contributed by atoms with Gasteiger partial charge >= 0.3 is 5.97 Å². The van der Waals surface area contributed by atoms with Crippen molar-refractivity contribution in [1.29, 1.82) is 5.41 Å². The molecule has 3 heteroatoms. The Hall–Kier alpha value is -3.46. The van der Waals surface area contributed by atoms with Crippen LogP contribution in [0.15, 0.2) is 91.0 Å². The van der Waals surface area contributed by atoms with E-state index in [-0.39, 0.29) is 0 Å². The van der Waals surface area contributed by atoms with Gasteiger partial charge in [-0.15, -0.1) is 0 Å². The molecule has 0 aromatic heterocycles. The topological polar surface area (TPSA) is 50.2 Å². The molecular weight excluding hydrogens is 334 g/mol. The van der Waals surface area contributed by atoms with Crippen LogP contribution in [0.25, 0.3) is 0 Å². The van der Waals surface area contributed by atoms with Gasteiger partial charge in [-0.1, -0.05) is 85.4 Å². The molecule has 1 aliphatic carbocycles. The van der Waals surface area contributed by atoms with Crippen molar-refractivity contribution in [1.82, 2.24) is 0 Å². The number of carbonyl (C=O) groups is 1. The first kappa shape index (κ1) is 17.0. The van der Waals surface area contributed by atoms with Crippen molar-refractivity contribution in [3.63, 3.8) is 0 Å². The Morgan fingerprint density at radius 2 is 1.33 bits per heavy atom. The second-order valence-corrected chi connectivity index (χ2v) is 6.68. The average Bonchev–Trinajstić information content (AvgIpc) is 2.71. The highest BCUT2D eigenvalue weighted by molar-refractivity contribution is 6.15.